The Kier molecular flexibility index (Phi) is 6.49. The van der Waals surface area contributed by atoms with Crippen LogP contribution in [-0.4, -0.2) is 31.6 Å². The van der Waals surface area contributed by atoms with Gasteiger partial charge in [-0.3, -0.25) is 29.8 Å². The molecule has 1 heterocycles. The van der Waals surface area contributed by atoms with Gasteiger partial charge in [0, 0.05) is 46.6 Å². The van der Waals surface area contributed by atoms with E-state index in [1.807, 2.05) is 24.3 Å². The predicted molar refractivity (Wildman–Crippen MR) is 144 cm³/mol. The van der Waals surface area contributed by atoms with Gasteiger partial charge in [0.05, 0.1) is 26.6 Å². The van der Waals surface area contributed by atoms with Crippen LogP contribution in [0.25, 0.3) is 22.4 Å². The molecule has 3 N–H and O–H groups in total. The Morgan fingerprint density at radius 3 is 1.85 bits per heavy atom. The van der Waals surface area contributed by atoms with Crippen LogP contribution in [0.15, 0.2) is 91.0 Å². The number of para-hydroxylation sites is 2. The zero-order valence-electron chi connectivity index (χ0n) is 20.0. The monoisotopic (exact) mass is 522 g/mol. The average Bonchev–Trinajstić information content (AvgIpc) is 3.38. The van der Waals surface area contributed by atoms with Crippen molar-refractivity contribution < 1.29 is 19.4 Å². The first-order valence-electron chi connectivity index (χ1n) is 11.5. The van der Waals surface area contributed by atoms with E-state index < -0.39 is 21.7 Å². The number of amides is 2. The number of hydrogen-bond acceptors (Lipinski definition) is 7. The highest BCUT2D eigenvalue weighted by Crippen LogP contribution is 2.31. The number of H-pyrrole nitrogens is 1. The van der Waals surface area contributed by atoms with E-state index >= 15 is 0 Å². The Hall–Kier alpha value is -5.91. The van der Waals surface area contributed by atoms with Crippen molar-refractivity contribution in [2.24, 2.45) is 0 Å². The van der Waals surface area contributed by atoms with Crippen molar-refractivity contribution in [3.05, 3.63) is 122 Å². The van der Waals surface area contributed by atoms with Gasteiger partial charge in [-0.25, -0.2) is 4.98 Å². The van der Waals surface area contributed by atoms with Crippen molar-refractivity contribution in [1.29, 1.82) is 0 Å². The summed E-state index contributed by atoms with van der Waals surface area (Å²) >= 11 is 0. The molecule has 12 nitrogen and oxygen atoms in total. The second kappa shape index (κ2) is 10.2. The highest BCUT2D eigenvalue weighted by molar-refractivity contribution is 6.08. The molecule has 0 saturated carbocycles. The molecule has 2 amide bonds. The molecule has 12 heteroatoms. The smallest absolute Gasteiger partial charge is 0.269 e. The molecule has 192 valence electrons. The fourth-order valence-electron chi connectivity index (χ4n) is 3.87. The number of benzene rings is 4. The lowest BCUT2D eigenvalue weighted by Gasteiger charge is -2.13. The molecule has 0 radical (unpaired) electrons. The fraction of sp³-hybridized carbons (Fsp3) is 0. The molecule has 0 aliphatic heterocycles. The number of hydrogen-bond donors (Lipinski definition) is 3. The van der Waals surface area contributed by atoms with Crippen molar-refractivity contribution in [2.45, 2.75) is 0 Å². The Balaban J connectivity index is 1.47. The average molecular weight is 522 g/mol. The van der Waals surface area contributed by atoms with E-state index in [2.05, 4.69) is 20.6 Å². The summed E-state index contributed by atoms with van der Waals surface area (Å²) in [6.07, 6.45) is 0. The van der Waals surface area contributed by atoms with Crippen LogP contribution in [-0.2, 0) is 0 Å². The summed E-state index contributed by atoms with van der Waals surface area (Å²) in [4.78, 5) is 54.2. The Labute approximate surface area is 219 Å². The number of carbonyl (C=O) groups is 2. The summed E-state index contributed by atoms with van der Waals surface area (Å²) in [5.74, 6) is -0.547. The largest absolute Gasteiger partial charge is 0.338 e. The molecule has 0 bridgehead atoms. The number of fused-ring (bicyclic) bond motifs is 1. The van der Waals surface area contributed by atoms with Crippen LogP contribution in [0.3, 0.4) is 0 Å². The number of carbonyl (C=O) groups excluding carboxylic acids is 2. The quantitative estimate of drug-likeness (QED) is 0.185. The lowest BCUT2D eigenvalue weighted by Crippen LogP contribution is -2.14. The van der Waals surface area contributed by atoms with Gasteiger partial charge < -0.3 is 15.6 Å². The van der Waals surface area contributed by atoms with E-state index in [1.54, 1.807) is 18.2 Å². The minimum absolute atomic E-state index is 0.133. The maximum Gasteiger partial charge on any atom is 0.269 e. The first-order chi connectivity index (χ1) is 18.8. The third kappa shape index (κ3) is 5.29. The first-order valence-corrected chi connectivity index (χ1v) is 11.5. The van der Waals surface area contributed by atoms with Crippen molar-refractivity contribution >= 4 is 45.6 Å². The van der Waals surface area contributed by atoms with E-state index in [0.29, 0.717) is 28.3 Å². The van der Waals surface area contributed by atoms with Crippen LogP contribution in [0.5, 0.6) is 0 Å². The number of non-ortho nitro benzene ring substituents is 2. The molecule has 0 aliphatic rings. The number of nitrogens with zero attached hydrogens (tertiary/aromatic N) is 3. The maximum absolute atomic E-state index is 12.9. The van der Waals surface area contributed by atoms with Gasteiger partial charge in [0.2, 0.25) is 0 Å². The molecule has 0 saturated heterocycles. The molecule has 5 rings (SSSR count). The van der Waals surface area contributed by atoms with Gasteiger partial charge in [0.25, 0.3) is 23.2 Å². The molecule has 0 atom stereocenters. The fourth-order valence-corrected chi connectivity index (χ4v) is 3.87. The summed E-state index contributed by atoms with van der Waals surface area (Å²) in [5.41, 5.74) is 2.87. The van der Waals surface area contributed by atoms with Crippen LogP contribution >= 0.6 is 0 Å². The molecule has 39 heavy (non-hydrogen) atoms. The molecule has 0 unspecified atom stereocenters. The number of aromatic amines is 1. The maximum atomic E-state index is 12.9. The van der Waals surface area contributed by atoms with Gasteiger partial charge in [-0.15, -0.1) is 0 Å². The van der Waals surface area contributed by atoms with Crippen LogP contribution in [0, 0.1) is 20.2 Å². The minimum atomic E-state index is -0.551. The molecule has 4 aromatic carbocycles. The first kappa shape index (κ1) is 24.8. The zero-order valence-corrected chi connectivity index (χ0v) is 20.0. The van der Waals surface area contributed by atoms with Gasteiger partial charge in [-0.05, 0) is 54.6 Å². The third-order valence-corrected chi connectivity index (χ3v) is 5.85. The summed E-state index contributed by atoms with van der Waals surface area (Å²) < 4.78 is 0. The standard InChI is InChI=1S/C27H18N6O6/c34-26(16-5-10-19(11-6-16)32(36)37)28-18-9-14-22(31-27(35)17-7-12-20(13-8-17)33(38)39)21(15-18)25-29-23-3-1-2-4-24(23)30-25/h1-15H,(H,28,34)(H,29,30)(H,31,35). The van der Waals surface area contributed by atoms with Gasteiger partial charge in [0.15, 0.2) is 0 Å². The molecule has 5 aromatic rings. The highest BCUT2D eigenvalue weighted by atomic mass is 16.6. The van der Waals surface area contributed by atoms with Crippen LogP contribution in [0.2, 0.25) is 0 Å². The highest BCUT2D eigenvalue weighted by Gasteiger charge is 2.17. The van der Waals surface area contributed by atoms with Gasteiger partial charge >= 0.3 is 0 Å². The number of nitro benzene ring substituents is 2. The number of imidazole rings is 1. The molecule has 0 spiro atoms. The second-order valence-electron chi connectivity index (χ2n) is 8.38. The zero-order chi connectivity index (χ0) is 27.5. The number of nitro groups is 2. The number of rotatable bonds is 7. The van der Waals surface area contributed by atoms with Crippen molar-refractivity contribution in [3.63, 3.8) is 0 Å². The molecule has 1 aromatic heterocycles. The Morgan fingerprint density at radius 1 is 0.718 bits per heavy atom. The molecular weight excluding hydrogens is 504 g/mol. The molecule has 0 aliphatic carbocycles. The molecular formula is C27H18N6O6. The number of aromatic nitrogens is 2. The van der Waals surface area contributed by atoms with Gasteiger partial charge in [-0.2, -0.15) is 0 Å². The number of nitrogens with one attached hydrogen (secondary N) is 3. The second-order valence-corrected chi connectivity index (χ2v) is 8.38. The minimum Gasteiger partial charge on any atom is -0.338 e. The Morgan fingerprint density at radius 2 is 1.28 bits per heavy atom. The summed E-state index contributed by atoms with van der Waals surface area (Å²) in [6, 6.07) is 22.6. The summed E-state index contributed by atoms with van der Waals surface area (Å²) in [7, 11) is 0. The van der Waals surface area contributed by atoms with E-state index in [4.69, 9.17) is 0 Å². The Bertz CT molecular complexity index is 1710. The van der Waals surface area contributed by atoms with Crippen LogP contribution in [0.1, 0.15) is 20.7 Å². The SMILES string of the molecule is O=C(Nc1ccc(NC(=O)c2ccc([N+](=O)[O-])cc2)c(-c2nc3ccccc3[nH]2)c1)c1ccc([N+](=O)[O-])cc1. The summed E-state index contributed by atoms with van der Waals surface area (Å²) in [5, 5.41) is 27.4. The van der Waals surface area contributed by atoms with Gasteiger partial charge in [-0.1, -0.05) is 12.1 Å². The molecule has 0 fully saturated rings. The lowest BCUT2D eigenvalue weighted by molar-refractivity contribution is -0.385. The van der Waals surface area contributed by atoms with Crippen LogP contribution in [0.4, 0.5) is 22.7 Å². The normalized spacial score (nSPS) is 10.7. The number of anilines is 2. The van der Waals surface area contributed by atoms with Gasteiger partial charge in [0.1, 0.15) is 5.82 Å². The van der Waals surface area contributed by atoms with Crippen molar-refractivity contribution in [1.82, 2.24) is 9.97 Å². The van der Waals surface area contributed by atoms with E-state index in [0.717, 1.165) is 5.52 Å². The van der Waals surface area contributed by atoms with E-state index in [-0.39, 0.29) is 22.5 Å². The predicted octanol–water partition coefficient (Wildman–Crippen LogP) is 5.55. The van der Waals surface area contributed by atoms with E-state index in [9.17, 15) is 29.8 Å². The lowest BCUT2D eigenvalue weighted by atomic mass is 10.1. The topological polar surface area (TPSA) is 173 Å². The van der Waals surface area contributed by atoms with Crippen molar-refractivity contribution in [3.8, 4) is 11.4 Å². The van der Waals surface area contributed by atoms with E-state index in [1.165, 1.54) is 48.5 Å². The van der Waals surface area contributed by atoms with Crippen LogP contribution < -0.4 is 10.6 Å². The third-order valence-electron chi connectivity index (χ3n) is 5.85. The van der Waals surface area contributed by atoms with Crippen molar-refractivity contribution in [2.75, 3.05) is 10.6 Å². The summed E-state index contributed by atoms with van der Waals surface area (Å²) in [6.45, 7) is 0.